The molecule has 2 aromatic carbocycles. The lowest BCUT2D eigenvalue weighted by Crippen LogP contribution is -2.03. The zero-order valence-electron chi connectivity index (χ0n) is 14.2. The van der Waals surface area contributed by atoms with Crippen molar-refractivity contribution in [2.75, 3.05) is 0 Å². The Kier molecular flexibility index (Phi) is 4.08. The third-order valence-electron chi connectivity index (χ3n) is 4.75. The van der Waals surface area contributed by atoms with Gasteiger partial charge in [-0.25, -0.2) is 0 Å². The normalized spacial score (nSPS) is 11.1. The van der Waals surface area contributed by atoms with Gasteiger partial charge in [-0.2, -0.15) is 0 Å². The van der Waals surface area contributed by atoms with E-state index in [1.807, 2.05) is 36.5 Å². The van der Waals surface area contributed by atoms with Crippen LogP contribution in [0.25, 0.3) is 22.2 Å². The summed E-state index contributed by atoms with van der Waals surface area (Å²) in [4.78, 5) is 4.67. The van der Waals surface area contributed by atoms with Crippen molar-refractivity contribution >= 4 is 10.9 Å². The molecule has 0 radical (unpaired) electrons. The molecule has 4 aromatic rings. The van der Waals surface area contributed by atoms with Crippen LogP contribution in [0.4, 0.5) is 0 Å². The number of nitrogens with zero attached hydrogens (tertiary/aromatic N) is 2. The van der Waals surface area contributed by atoms with Gasteiger partial charge in [-0.3, -0.25) is 4.98 Å². The highest BCUT2D eigenvalue weighted by Crippen LogP contribution is 2.33. The maximum atomic E-state index is 9.92. The zero-order valence-corrected chi connectivity index (χ0v) is 14.2. The summed E-state index contributed by atoms with van der Waals surface area (Å²) in [6, 6.07) is 22.6. The number of aliphatic hydroxyl groups is 1. The van der Waals surface area contributed by atoms with Crippen molar-refractivity contribution < 1.29 is 5.11 Å². The van der Waals surface area contributed by atoms with E-state index in [-0.39, 0.29) is 6.61 Å². The van der Waals surface area contributed by atoms with Gasteiger partial charge < -0.3 is 9.67 Å². The van der Waals surface area contributed by atoms with E-state index in [4.69, 9.17) is 0 Å². The van der Waals surface area contributed by atoms with Crippen molar-refractivity contribution in [3.8, 4) is 11.3 Å². The van der Waals surface area contributed by atoms with E-state index >= 15 is 0 Å². The minimum atomic E-state index is 0.0301. The van der Waals surface area contributed by atoms with Gasteiger partial charge in [-0.1, -0.05) is 60.7 Å². The Morgan fingerprint density at radius 2 is 1.60 bits per heavy atom. The van der Waals surface area contributed by atoms with Crippen molar-refractivity contribution in [3.05, 3.63) is 89.7 Å². The molecule has 0 spiro atoms. The van der Waals surface area contributed by atoms with Crippen LogP contribution in [0.3, 0.4) is 0 Å². The van der Waals surface area contributed by atoms with Crippen LogP contribution in [0.15, 0.2) is 72.9 Å². The maximum Gasteiger partial charge on any atom is 0.0945 e. The third kappa shape index (κ3) is 2.73. The summed E-state index contributed by atoms with van der Waals surface area (Å²) in [7, 11) is 0. The van der Waals surface area contributed by atoms with Gasteiger partial charge in [0.2, 0.25) is 0 Å². The lowest BCUT2D eigenvalue weighted by molar-refractivity contribution is 0.282. The predicted octanol–water partition coefficient (Wildman–Crippen LogP) is 4.55. The van der Waals surface area contributed by atoms with E-state index in [2.05, 4.69) is 52.9 Å². The summed E-state index contributed by atoms with van der Waals surface area (Å²) >= 11 is 0. The minimum Gasteiger partial charge on any atom is -0.392 e. The number of fused-ring (bicyclic) bond motifs is 1. The molecule has 0 saturated heterocycles. The van der Waals surface area contributed by atoms with Gasteiger partial charge in [0.1, 0.15) is 0 Å². The second-order valence-electron chi connectivity index (χ2n) is 6.22. The molecule has 0 saturated carbocycles. The first-order chi connectivity index (χ1) is 12.3. The highest BCUT2D eigenvalue weighted by molar-refractivity contribution is 5.95. The fourth-order valence-corrected chi connectivity index (χ4v) is 3.47. The molecule has 0 aliphatic rings. The Labute approximate surface area is 147 Å². The Morgan fingerprint density at radius 3 is 2.28 bits per heavy atom. The van der Waals surface area contributed by atoms with E-state index in [0.717, 1.165) is 40.0 Å². The van der Waals surface area contributed by atoms with Gasteiger partial charge in [0.05, 0.1) is 17.8 Å². The van der Waals surface area contributed by atoms with E-state index in [1.54, 1.807) is 0 Å². The van der Waals surface area contributed by atoms with Crippen LogP contribution >= 0.6 is 0 Å². The first kappa shape index (κ1) is 15.6. The number of hydrogen-bond donors (Lipinski definition) is 1. The molecule has 1 N–H and O–H groups in total. The fourth-order valence-electron chi connectivity index (χ4n) is 3.47. The van der Waals surface area contributed by atoms with Gasteiger partial charge in [0.25, 0.3) is 0 Å². The molecule has 3 nitrogen and oxygen atoms in total. The van der Waals surface area contributed by atoms with Crippen LogP contribution in [-0.2, 0) is 13.2 Å². The molecule has 2 heterocycles. The highest BCUT2D eigenvalue weighted by atomic mass is 16.3. The molecule has 0 atom stereocenters. The smallest absolute Gasteiger partial charge is 0.0945 e. The van der Waals surface area contributed by atoms with Crippen molar-refractivity contribution in [2.24, 2.45) is 0 Å². The lowest BCUT2D eigenvalue weighted by atomic mass is 10.1. The topological polar surface area (TPSA) is 38.1 Å². The molecule has 0 amide bonds. The van der Waals surface area contributed by atoms with Crippen LogP contribution in [0.1, 0.15) is 16.8 Å². The molecule has 3 heteroatoms. The van der Waals surface area contributed by atoms with E-state index < -0.39 is 0 Å². The zero-order chi connectivity index (χ0) is 17.2. The second-order valence-corrected chi connectivity index (χ2v) is 6.22. The number of aromatic nitrogens is 2. The van der Waals surface area contributed by atoms with Gasteiger partial charge in [0, 0.05) is 34.9 Å². The Hall–Kier alpha value is -2.91. The summed E-state index contributed by atoms with van der Waals surface area (Å²) in [5.41, 5.74) is 6.42. The van der Waals surface area contributed by atoms with Gasteiger partial charge in [-0.05, 0) is 18.6 Å². The van der Waals surface area contributed by atoms with Crippen LogP contribution in [0.5, 0.6) is 0 Å². The van der Waals surface area contributed by atoms with Crippen molar-refractivity contribution in [3.63, 3.8) is 0 Å². The molecule has 2 aromatic heterocycles. The van der Waals surface area contributed by atoms with Gasteiger partial charge in [-0.15, -0.1) is 0 Å². The number of hydrogen-bond acceptors (Lipinski definition) is 2. The van der Waals surface area contributed by atoms with Crippen molar-refractivity contribution in [2.45, 2.75) is 20.1 Å². The van der Waals surface area contributed by atoms with E-state index in [9.17, 15) is 5.11 Å². The van der Waals surface area contributed by atoms with E-state index in [0.29, 0.717) is 0 Å². The van der Waals surface area contributed by atoms with Crippen molar-refractivity contribution in [1.82, 2.24) is 9.55 Å². The summed E-state index contributed by atoms with van der Waals surface area (Å²) < 4.78 is 2.27. The first-order valence-electron chi connectivity index (χ1n) is 8.46. The largest absolute Gasteiger partial charge is 0.392 e. The molecule has 0 aliphatic carbocycles. The number of pyridine rings is 1. The Balaban J connectivity index is 1.99. The van der Waals surface area contributed by atoms with E-state index in [1.165, 1.54) is 5.56 Å². The average molecular weight is 328 g/mol. The van der Waals surface area contributed by atoms with Crippen molar-refractivity contribution in [1.29, 1.82) is 0 Å². The summed E-state index contributed by atoms with van der Waals surface area (Å²) in [5, 5.41) is 11.0. The Morgan fingerprint density at radius 1 is 0.920 bits per heavy atom. The second kappa shape index (κ2) is 6.54. The molecular weight excluding hydrogens is 308 g/mol. The number of benzene rings is 2. The lowest BCUT2D eigenvalue weighted by Gasteiger charge is -2.11. The molecule has 25 heavy (non-hydrogen) atoms. The molecule has 124 valence electrons. The summed E-state index contributed by atoms with van der Waals surface area (Å²) in [6.07, 6.45) is 1.83. The maximum absolute atomic E-state index is 9.92. The van der Waals surface area contributed by atoms with Gasteiger partial charge >= 0.3 is 0 Å². The minimum absolute atomic E-state index is 0.0301. The molecule has 0 bridgehead atoms. The predicted molar refractivity (Wildman–Crippen MR) is 101 cm³/mol. The highest BCUT2D eigenvalue weighted by Gasteiger charge is 2.18. The fraction of sp³-hybridized carbons (Fsp3) is 0.136. The molecular formula is C22H20N2O. The van der Waals surface area contributed by atoms with Gasteiger partial charge in [0.15, 0.2) is 0 Å². The Bertz CT molecular complexity index is 1000. The quantitative estimate of drug-likeness (QED) is 0.597. The van der Waals surface area contributed by atoms with Crippen LogP contribution in [0, 0.1) is 6.92 Å². The van der Waals surface area contributed by atoms with Crippen LogP contribution in [-0.4, -0.2) is 14.7 Å². The number of aliphatic hydroxyl groups excluding tert-OH is 1. The molecule has 0 unspecified atom stereocenters. The number of rotatable bonds is 4. The first-order valence-corrected chi connectivity index (χ1v) is 8.46. The summed E-state index contributed by atoms with van der Waals surface area (Å²) in [5.74, 6) is 0. The molecule has 0 fully saturated rings. The molecule has 4 rings (SSSR count). The monoisotopic (exact) mass is 328 g/mol. The molecule has 0 aliphatic heterocycles. The van der Waals surface area contributed by atoms with Crippen LogP contribution in [0.2, 0.25) is 0 Å². The summed E-state index contributed by atoms with van der Waals surface area (Å²) in [6.45, 7) is 2.86. The SMILES string of the molecule is Cc1c(CO)c2ccnc(-c3ccccc3)c2n1Cc1ccccc1. The average Bonchev–Trinajstić information content (AvgIpc) is 2.94. The van der Waals surface area contributed by atoms with Crippen LogP contribution < -0.4 is 0 Å². The third-order valence-corrected chi connectivity index (χ3v) is 4.75. The standard InChI is InChI=1S/C22H20N2O/c1-16-20(15-25)19-12-13-23-21(18-10-6-3-7-11-18)22(19)24(16)14-17-8-4-2-5-9-17/h2-13,25H,14-15H2,1H3.